The van der Waals surface area contributed by atoms with Crippen molar-refractivity contribution in [3.8, 4) is 12.3 Å². The third-order valence-electron chi connectivity index (χ3n) is 2.34. The Labute approximate surface area is 102 Å². The Hall–Kier alpha value is -0.850. The van der Waals surface area contributed by atoms with Crippen LogP contribution >= 0.6 is 11.8 Å². The van der Waals surface area contributed by atoms with Gasteiger partial charge < -0.3 is 9.73 Å². The number of aryl methyl sites for hydroxylation is 1. The molecule has 0 aromatic carbocycles. The van der Waals surface area contributed by atoms with Crippen LogP contribution in [0.2, 0.25) is 0 Å². The van der Waals surface area contributed by atoms with Crippen molar-refractivity contribution < 1.29 is 4.42 Å². The quantitative estimate of drug-likeness (QED) is 0.583. The zero-order chi connectivity index (χ0) is 11.8. The highest BCUT2D eigenvalue weighted by molar-refractivity contribution is 7.99. The van der Waals surface area contributed by atoms with Crippen molar-refractivity contribution in [3.63, 3.8) is 0 Å². The number of hydrogen-bond donors (Lipinski definition) is 1. The van der Waals surface area contributed by atoms with E-state index >= 15 is 0 Å². The first-order valence-corrected chi connectivity index (χ1v) is 6.76. The topological polar surface area (TPSA) is 25.2 Å². The summed E-state index contributed by atoms with van der Waals surface area (Å²) >= 11 is 1.77. The highest BCUT2D eigenvalue weighted by Gasteiger charge is 2.08. The van der Waals surface area contributed by atoms with Crippen molar-refractivity contribution in [3.05, 3.63) is 23.7 Å². The third kappa shape index (κ3) is 4.34. The lowest BCUT2D eigenvalue weighted by molar-refractivity contribution is 0.414. The molecule has 2 nitrogen and oxygen atoms in total. The van der Waals surface area contributed by atoms with E-state index in [0.717, 1.165) is 36.0 Å². The molecule has 0 radical (unpaired) electrons. The van der Waals surface area contributed by atoms with Crippen molar-refractivity contribution >= 4 is 11.8 Å². The van der Waals surface area contributed by atoms with E-state index in [4.69, 9.17) is 10.8 Å². The van der Waals surface area contributed by atoms with Gasteiger partial charge in [-0.3, -0.25) is 0 Å². The van der Waals surface area contributed by atoms with Crippen LogP contribution in [0.4, 0.5) is 0 Å². The molecule has 0 aliphatic heterocycles. The standard InChI is InChI=1S/C13H19NOS/c1-4-9-16-10-8-14-11(3)13-7-6-12(5-2)15-13/h1,6-7,11,14H,5,8-10H2,2-3H3. The normalized spacial score (nSPS) is 12.3. The first-order chi connectivity index (χ1) is 7.77. The highest BCUT2D eigenvalue weighted by atomic mass is 32.2. The molecule has 1 aromatic rings. The average Bonchev–Trinajstić information content (AvgIpc) is 2.77. The largest absolute Gasteiger partial charge is 0.464 e. The van der Waals surface area contributed by atoms with Gasteiger partial charge in [-0.25, -0.2) is 0 Å². The molecule has 0 saturated heterocycles. The van der Waals surface area contributed by atoms with Gasteiger partial charge in [0.15, 0.2) is 0 Å². The fourth-order valence-electron chi connectivity index (χ4n) is 1.40. The Kier molecular flexibility index (Phi) is 6.14. The summed E-state index contributed by atoms with van der Waals surface area (Å²) < 4.78 is 5.67. The summed E-state index contributed by atoms with van der Waals surface area (Å²) in [7, 11) is 0. The van der Waals surface area contributed by atoms with Crippen molar-refractivity contribution in [1.29, 1.82) is 0 Å². The molecule has 3 heteroatoms. The van der Waals surface area contributed by atoms with Gasteiger partial charge in [0.05, 0.1) is 11.8 Å². The minimum Gasteiger partial charge on any atom is -0.464 e. The van der Waals surface area contributed by atoms with Crippen molar-refractivity contribution in [1.82, 2.24) is 5.32 Å². The molecule has 1 rings (SSSR count). The molecule has 0 aliphatic rings. The summed E-state index contributed by atoms with van der Waals surface area (Å²) in [5.41, 5.74) is 0. The average molecular weight is 237 g/mol. The lowest BCUT2D eigenvalue weighted by Gasteiger charge is -2.10. The molecule has 1 N–H and O–H groups in total. The Balaban J connectivity index is 2.24. The molecular weight excluding hydrogens is 218 g/mol. The second-order valence-corrected chi connectivity index (χ2v) is 4.70. The maximum absolute atomic E-state index is 5.67. The van der Waals surface area contributed by atoms with Crippen LogP contribution in [0.1, 0.15) is 31.4 Å². The summed E-state index contributed by atoms with van der Waals surface area (Å²) in [5, 5.41) is 3.41. The fourth-order valence-corrected chi connectivity index (χ4v) is 1.92. The Morgan fingerprint density at radius 3 is 3.00 bits per heavy atom. The van der Waals surface area contributed by atoms with Crippen LogP contribution in [0.25, 0.3) is 0 Å². The van der Waals surface area contributed by atoms with E-state index in [-0.39, 0.29) is 6.04 Å². The van der Waals surface area contributed by atoms with Crippen LogP contribution in [0, 0.1) is 12.3 Å². The molecule has 16 heavy (non-hydrogen) atoms. The zero-order valence-corrected chi connectivity index (χ0v) is 10.8. The molecule has 1 atom stereocenters. The van der Waals surface area contributed by atoms with Gasteiger partial charge in [0.1, 0.15) is 11.5 Å². The van der Waals surface area contributed by atoms with Crippen molar-refractivity contribution in [2.75, 3.05) is 18.1 Å². The van der Waals surface area contributed by atoms with Gasteiger partial charge >= 0.3 is 0 Å². The summed E-state index contributed by atoms with van der Waals surface area (Å²) in [5.74, 6) is 6.50. The number of rotatable bonds is 7. The number of furan rings is 1. The molecule has 0 spiro atoms. The van der Waals surface area contributed by atoms with Crippen molar-refractivity contribution in [2.45, 2.75) is 26.3 Å². The predicted molar refractivity (Wildman–Crippen MR) is 70.7 cm³/mol. The van der Waals surface area contributed by atoms with Crippen LogP contribution in [0.3, 0.4) is 0 Å². The van der Waals surface area contributed by atoms with E-state index < -0.39 is 0 Å². The van der Waals surface area contributed by atoms with Gasteiger partial charge in [-0.1, -0.05) is 12.8 Å². The molecule has 0 fully saturated rings. The molecule has 0 aliphatic carbocycles. The first kappa shape index (κ1) is 13.2. The lowest BCUT2D eigenvalue weighted by Crippen LogP contribution is -2.21. The lowest BCUT2D eigenvalue weighted by atomic mass is 10.2. The molecule has 88 valence electrons. The van der Waals surface area contributed by atoms with Crippen LogP contribution in [0.15, 0.2) is 16.5 Å². The van der Waals surface area contributed by atoms with Gasteiger partial charge in [-0.2, -0.15) is 0 Å². The van der Waals surface area contributed by atoms with Gasteiger partial charge in [0.25, 0.3) is 0 Å². The fraction of sp³-hybridized carbons (Fsp3) is 0.538. The first-order valence-electron chi connectivity index (χ1n) is 5.61. The van der Waals surface area contributed by atoms with E-state index in [2.05, 4.69) is 25.1 Å². The number of thioether (sulfide) groups is 1. The number of nitrogens with one attached hydrogen (secondary N) is 1. The van der Waals surface area contributed by atoms with Gasteiger partial charge in [0, 0.05) is 18.7 Å². The van der Waals surface area contributed by atoms with Crippen LogP contribution in [-0.2, 0) is 6.42 Å². The molecule has 0 amide bonds. The Morgan fingerprint density at radius 1 is 1.56 bits per heavy atom. The highest BCUT2D eigenvalue weighted by Crippen LogP contribution is 2.16. The molecular formula is C13H19NOS. The van der Waals surface area contributed by atoms with Gasteiger partial charge in [-0.15, -0.1) is 18.2 Å². The molecule has 0 bridgehead atoms. The molecule has 0 saturated carbocycles. The van der Waals surface area contributed by atoms with Gasteiger partial charge in [-0.05, 0) is 19.1 Å². The minimum absolute atomic E-state index is 0.270. The monoisotopic (exact) mass is 237 g/mol. The minimum atomic E-state index is 0.270. The van der Waals surface area contributed by atoms with Gasteiger partial charge in [0.2, 0.25) is 0 Å². The molecule has 1 heterocycles. The summed E-state index contributed by atoms with van der Waals surface area (Å²) in [6.07, 6.45) is 6.12. The Bertz CT molecular complexity index is 340. The van der Waals surface area contributed by atoms with E-state index in [1.54, 1.807) is 11.8 Å². The molecule has 1 unspecified atom stereocenters. The maximum Gasteiger partial charge on any atom is 0.120 e. The van der Waals surface area contributed by atoms with E-state index in [1.165, 1.54) is 0 Å². The molecule has 1 aromatic heterocycles. The van der Waals surface area contributed by atoms with Crippen LogP contribution in [-0.4, -0.2) is 18.1 Å². The second-order valence-electron chi connectivity index (χ2n) is 3.59. The van der Waals surface area contributed by atoms with Crippen LogP contribution < -0.4 is 5.32 Å². The second kappa shape index (κ2) is 7.43. The Morgan fingerprint density at radius 2 is 2.38 bits per heavy atom. The van der Waals surface area contributed by atoms with E-state index in [1.807, 2.05) is 12.1 Å². The summed E-state index contributed by atoms with van der Waals surface area (Å²) in [6, 6.07) is 4.36. The van der Waals surface area contributed by atoms with E-state index in [9.17, 15) is 0 Å². The maximum atomic E-state index is 5.67. The number of hydrogen-bond acceptors (Lipinski definition) is 3. The SMILES string of the molecule is C#CCSCCNC(C)c1ccc(CC)o1. The predicted octanol–water partition coefficient (Wildman–Crippen LogP) is 2.86. The van der Waals surface area contributed by atoms with Crippen LogP contribution in [0.5, 0.6) is 0 Å². The summed E-state index contributed by atoms with van der Waals surface area (Å²) in [4.78, 5) is 0. The third-order valence-corrected chi connectivity index (χ3v) is 3.20. The smallest absolute Gasteiger partial charge is 0.120 e. The summed E-state index contributed by atoms with van der Waals surface area (Å²) in [6.45, 7) is 5.16. The number of terminal acetylenes is 1. The van der Waals surface area contributed by atoms with Crippen molar-refractivity contribution in [2.24, 2.45) is 0 Å². The zero-order valence-electron chi connectivity index (χ0n) is 9.95. The van der Waals surface area contributed by atoms with E-state index in [0.29, 0.717) is 0 Å².